The van der Waals surface area contributed by atoms with Crippen molar-refractivity contribution in [3.63, 3.8) is 0 Å². The second-order valence-electron chi connectivity index (χ2n) is 4.73. The monoisotopic (exact) mass is 262 g/mol. The quantitative estimate of drug-likeness (QED) is 0.407. The number of carbonyl (C=O) groups excluding carboxylic acids is 2. The minimum atomic E-state index is -0.285. The van der Waals surface area contributed by atoms with Crippen LogP contribution in [0.5, 0.6) is 0 Å². The molecule has 0 saturated heterocycles. The zero-order valence-corrected chi connectivity index (χ0v) is 11.7. The van der Waals surface area contributed by atoms with Gasteiger partial charge in [0.1, 0.15) is 6.29 Å². The van der Waals surface area contributed by atoms with Crippen LogP contribution >= 0.6 is 0 Å². The molecule has 0 bridgehead atoms. The van der Waals surface area contributed by atoms with Crippen molar-refractivity contribution in [1.82, 2.24) is 0 Å². The molecule has 0 radical (unpaired) electrons. The van der Waals surface area contributed by atoms with Crippen LogP contribution in [0.3, 0.4) is 0 Å². The SMILES string of the molecule is CCCCCCOC(=O)[C@@H](C)c1ccc(C=O)cc1. The van der Waals surface area contributed by atoms with Gasteiger partial charge in [0.2, 0.25) is 0 Å². The minimum absolute atomic E-state index is 0.199. The van der Waals surface area contributed by atoms with Crippen molar-refractivity contribution < 1.29 is 14.3 Å². The van der Waals surface area contributed by atoms with E-state index in [1.165, 1.54) is 12.8 Å². The lowest BCUT2D eigenvalue weighted by Crippen LogP contribution is -2.14. The van der Waals surface area contributed by atoms with Gasteiger partial charge in [0, 0.05) is 5.56 Å². The van der Waals surface area contributed by atoms with Gasteiger partial charge in [0.25, 0.3) is 0 Å². The van der Waals surface area contributed by atoms with Crippen molar-refractivity contribution >= 4 is 12.3 Å². The van der Waals surface area contributed by atoms with Crippen molar-refractivity contribution in [2.45, 2.75) is 45.4 Å². The Morgan fingerprint density at radius 2 is 1.89 bits per heavy atom. The smallest absolute Gasteiger partial charge is 0.313 e. The second kappa shape index (κ2) is 8.46. The summed E-state index contributed by atoms with van der Waals surface area (Å²) in [7, 11) is 0. The van der Waals surface area contributed by atoms with Crippen LogP contribution in [-0.2, 0) is 9.53 Å². The third kappa shape index (κ3) is 5.25. The molecule has 0 aliphatic heterocycles. The number of rotatable bonds is 8. The van der Waals surface area contributed by atoms with E-state index in [1.54, 1.807) is 24.3 Å². The van der Waals surface area contributed by atoms with Crippen molar-refractivity contribution in [3.05, 3.63) is 35.4 Å². The lowest BCUT2D eigenvalue weighted by atomic mass is 10.0. The summed E-state index contributed by atoms with van der Waals surface area (Å²) >= 11 is 0. The molecule has 0 aromatic heterocycles. The van der Waals surface area contributed by atoms with E-state index in [0.717, 1.165) is 24.7 Å². The Bertz CT molecular complexity index is 395. The highest BCUT2D eigenvalue weighted by molar-refractivity contribution is 5.79. The molecule has 19 heavy (non-hydrogen) atoms. The molecule has 3 nitrogen and oxygen atoms in total. The molecule has 1 aromatic rings. The lowest BCUT2D eigenvalue weighted by molar-refractivity contribution is -0.145. The molecule has 0 saturated carbocycles. The van der Waals surface area contributed by atoms with Gasteiger partial charge in [-0.3, -0.25) is 9.59 Å². The number of aldehydes is 1. The topological polar surface area (TPSA) is 43.4 Å². The predicted octanol–water partition coefficient (Wildman–Crippen LogP) is 3.73. The Morgan fingerprint density at radius 1 is 1.21 bits per heavy atom. The molecule has 0 fully saturated rings. The van der Waals surface area contributed by atoms with Crippen LogP contribution in [0, 0.1) is 0 Å². The first kappa shape index (κ1) is 15.4. The summed E-state index contributed by atoms with van der Waals surface area (Å²) in [4.78, 5) is 22.4. The third-order valence-electron chi connectivity index (χ3n) is 3.17. The van der Waals surface area contributed by atoms with E-state index in [0.29, 0.717) is 12.2 Å². The van der Waals surface area contributed by atoms with Gasteiger partial charge in [0.15, 0.2) is 0 Å². The van der Waals surface area contributed by atoms with Gasteiger partial charge in [0.05, 0.1) is 12.5 Å². The van der Waals surface area contributed by atoms with Crippen LogP contribution in [0.1, 0.15) is 61.4 Å². The largest absolute Gasteiger partial charge is 0.465 e. The van der Waals surface area contributed by atoms with E-state index in [2.05, 4.69) is 6.92 Å². The van der Waals surface area contributed by atoms with Crippen molar-refractivity contribution in [2.24, 2.45) is 0 Å². The van der Waals surface area contributed by atoms with Crippen LogP contribution in [0.25, 0.3) is 0 Å². The summed E-state index contributed by atoms with van der Waals surface area (Å²) in [5, 5.41) is 0. The fourth-order valence-corrected chi connectivity index (χ4v) is 1.83. The molecule has 0 amide bonds. The van der Waals surface area contributed by atoms with Gasteiger partial charge in [-0.25, -0.2) is 0 Å². The van der Waals surface area contributed by atoms with Gasteiger partial charge in [-0.1, -0.05) is 50.5 Å². The molecule has 3 heteroatoms. The average Bonchev–Trinajstić information content (AvgIpc) is 2.46. The predicted molar refractivity (Wildman–Crippen MR) is 75.3 cm³/mol. The molecule has 0 aliphatic rings. The van der Waals surface area contributed by atoms with E-state index in [9.17, 15) is 9.59 Å². The zero-order valence-electron chi connectivity index (χ0n) is 11.7. The number of ether oxygens (including phenoxy) is 1. The number of hydrogen-bond donors (Lipinski definition) is 0. The van der Waals surface area contributed by atoms with Crippen LogP contribution in [0.4, 0.5) is 0 Å². The van der Waals surface area contributed by atoms with Gasteiger partial charge >= 0.3 is 5.97 Å². The Labute approximate surface area is 115 Å². The third-order valence-corrected chi connectivity index (χ3v) is 3.17. The number of esters is 1. The molecular formula is C16H22O3. The first-order chi connectivity index (χ1) is 9.19. The summed E-state index contributed by atoms with van der Waals surface area (Å²) in [6, 6.07) is 7.03. The number of benzene rings is 1. The number of hydrogen-bond acceptors (Lipinski definition) is 3. The molecule has 0 unspecified atom stereocenters. The highest BCUT2D eigenvalue weighted by Crippen LogP contribution is 2.17. The van der Waals surface area contributed by atoms with Crippen molar-refractivity contribution in [3.8, 4) is 0 Å². The molecule has 1 atom stereocenters. The summed E-state index contributed by atoms with van der Waals surface area (Å²) < 4.78 is 5.25. The fourth-order valence-electron chi connectivity index (χ4n) is 1.83. The van der Waals surface area contributed by atoms with E-state index in [-0.39, 0.29) is 11.9 Å². The van der Waals surface area contributed by atoms with Crippen LogP contribution < -0.4 is 0 Å². The van der Waals surface area contributed by atoms with Gasteiger partial charge in [-0.2, -0.15) is 0 Å². The molecule has 0 heterocycles. The molecule has 0 aliphatic carbocycles. The summed E-state index contributed by atoms with van der Waals surface area (Å²) in [6.45, 7) is 4.47. The van der Waals surface area contributed by atoms with E-state index in [4.69, 9.17) is 4.74 Å². The van der Waals surface area contributed by atoms with Crippen LogP contribution in [0.15, 0.2) is 24.3 Å². The Morgan fingerprint density at radius 3 is 2.47 bits per heavy atom. The Kier molecular flexibility index (Phi) is 6.86. The van der Waals surface area contributed by atoms with Gasteiger partial charge in [-0.15, -0.1) is 0 Å². The summed E-state index contributed by atoms with van der Waals surface area (Å²) in [5.74, 6) is -0.484. The van der Waals surface area contributed by atoms with Gasteiger partial charge in [-0.05, 0) is 18.9 Å². The number of unbranched alkanes of at least 4 members (excludes halogenated alkanes) is 3. The molecule has 1 aromatic carbocycles. The molecule has 104 valence electrons. The van der Waals surface area contributed by atoms with Crippen molar-refractivity contribution in [2.75, 3.05) is 6.61 Å². The number of carbonyl (C=O) groups is 2. The van der Waals surface area contributed by atoms with Gasteiger partial charge < -0.3 is 4.74 Å². The average molecular weight is 262 g/mol. The maximum absolute atomic E-state index is 11.8. The molecule has 0 spiro atoms. The first-order valence-electron chi connectivity index (χ1n) is 6.90. The van der Waals surface area contributed by atoms with Crippen LogP contribution in [-0.4, -0.2) is 18.9 Å². The minimum Gasteiger partial charge on any atom is -0.465 e. The highest BCUT2D eigenvalue weighted by atomic mass is 16.5. The highest BCUT2D eigenvalue weighted by Gasteiger charge is 2.16. The van der Waals surface area contributed by atoms with E-state index >= 15 is 0 Å². The maximum Gasteiger partial charge on any atom is 0.313 e. The molecule has 1 rings (SSSR count). The van der Waals surface area contributed by atoms with Crippen molar-refractivity contribution in [1.29, 1.82) is 0 Å². The standard InChI is InChI=1S/C16H22O3/c1-3-4-5-6-11-19-16(18)13(2)15-9-7-14(12-17)8-10-15/h7-10,12-13H,3-6,11H2,1-2H3/t13-/m0/s1. The maximum atomic E-state index is 11.8. The Hall–Kier alpha value is -1.64. The first-order valence-corrected chi connectivity index (χ1v) is 6.90. The fraction of sp³-hybridized carbons (Fsp3) is 0.500. The molecular weight excluding hydrogens is 240 g/mol. The molecule has 0 N–H and O–H groups in total. The normalized spacial score (nSPS) is 11.9. The summed E-state index contributed by atoms with van der Waals surface area (Å²) in [5.41, 5.74) is 1.49. The zero-order chi connectivity index (χ0) is 14.1. The summed E-state index contributed by atoms with van der Waals surface area (Å²) in [6.07, 6.45) is 5.18. The Balaban J connectivity index is 2.40. The van der Waals surface area contributed by atoms with E-state index < -0.39 is 0 Å². The lowest BCUT2D eigenvalue weighted by Gasteiger charge is -2.11. The second-order valence-corrected chi connectivity index (χ2v) is 4.73. The van der Waals surface area contributed by atoms with Crippen LogP contribution in [0.2, 0.25) is 0 Å². The van der Waals surface area contributed by atoms with E-state index in [1.807, 2.05) is 6.92 Å².